The Hall–Kier alpha value is -0.410. The van der Waals surface area contributed by atoms with Gasteiger partial charge in [-0.3, -0.25) is 0 Å². The maximum absolute atomic E-state index is 4.79. The van der Waals surface area contributed by atoms with Gasteiger partial charge in [-0.25, -0.2) is 4.98 Å². The molecule has 0 bridgehead atoms. The molecule has 104 valence electrons. The van der Waals surface area contributed by atoms with Gasteiger partial charge in [-0.05, 0) is 24.3 Å². The van der Waals surface area contributed by atoms with Gasteiger partial charge in [0.25, 0.3) is 0 Å². The second-order valence-corrected chi connectivity index (χ2v) is 7.76. The monoisotopic (exact) mass is 268 g/mol. The van der Waals surface area contributed by atoms with Crippen molar-refractivity contribution < 1.29 is 0 Å². The zero-order chi connectivity index (χ0) is 13.8. The molecule has 2 nitrogen and oxygen atoms in total. The minimum Gasteiger partial charge on any atom is -0.312 e. The van der Waals surface area contributed by atoms with E-state index in [-0.39, 0.29) is 0 Å². The van der Waals surface area contributed by atoms with Crippen molar-refractivity contribution in [1.29, 1.82) is 0 Å². The van der Waals surface area contributed by atoms with Gasteiger partial charge in [-0.1, -0.05) is 41.5 Å². The smallest absolute Gasteiger partial charge is 0.0936 e. The average Bonchev–Trinajstić information content (AvgIpc) is 2.57. The van der Waals surface area contributed by atoms with E-state index in [1.165, 1.54) is 15.6 Å². The Balaban J connectivity index is 2.66. The molecule has 1 aromatic heterocycles. The quantitative estimate of drug-likeness (QED) is 0.842. The fourth-order valence-corrected chi connectivity index (χ4v) is 3.28. The van der Waals surface area contributed by atoms with E-state index in [1.807, 2.05) is 11.3 Å². The summed E-state index contributed by atoms with van der Waals surface area (Å²) in [4.78, 5) is 6.22. The van der Waals surface area contributed by atoms with Gasteiger partial charge in [-0.15, -0.1) is 11.3 Å². The highest BCUT2D eigenvalue weighted by Gasteiger charge is 2.16. The summed E-state index contributed by atoms with van der Waals surface area (Å²) < 4.78 is 0. The number of hydrogen-bond acceptors (Lipinski definition) is 3. The molecule has 1 aromatic rings. The predicted octanol–water partition coefficient (Wildman–Crippen LogP) is 4.04. The standard InChI is InChI=1S/C15H28N2S/c1-7-12-13(10-16-9-11(2)3)18-14(17-12)8-15(4,5)6/h11,16H,7-10H2,1-6H3. The molecule has 0 atom stereocenters. The largest absolute Gasteiger partial charge is 0.312 e. The Labute approximate surface area is 116 Å². The van der Waals surface area contributed by atoms with Gasteiger partial charge >= 0.3 is 0 Å². The Morgan fingerprint density at radius 3 is 2.44 bits per heavy atom. The first-order valence-corrected chi connectivity index (χ1v) is 7.81. The van der Waals surface area contributed by atoms with Crippen molar-refractivity contribution in [3.8, 4) is 0 Å². The molecule has 0 aromatic carbocycles. The van der Waals surface area contributed by atoms with Crippen LogP contribution in [0.5, 0.6) is 0 Å². The lowest BCUT2D eigenvalue weighted by Crippen LogP contribution is -2.18. The summed E-state index contributed by atoms with van der Waals surface area (Å²) in [5.41, 5.74) is 1.61. The minimum atomic E-state index is 0.325. The molecular weight excluding hydrogens is 240 g/mol. The van der Waals surface area contributed by atoms with E-state index in [9.17, 15) is 0 Å². The van der Waals surface area contributed by atoms with Crippen LogP contribution in [0, 0.1) is 11.3 Å². The van der Waals surface area contributed by atoms with Crippen LogP contribution in [0.25, 0.3) is 0 Å². The summed E-state index contributed by atoms with van der Waals surface area (Å²) in [5, 5.41) is 4.81. The maximum atomic E-state index is 4.79. The van der Waals surface area contributed by atoms with Crippen molar-refractivity contribution >= 4 is 11.3 Å². The molecule has 18 heavy (non-hydrogen) atoms. The number of thiazole rings is 1. The first-order chi connectivity index (χ1) is 8.31. The van der Waals surface area contributed by atoms with Crippen LogP contribution in [0.4, 0.5) is 0 Å². The minimum absolute atomic E-state index is 0.325. The van der Waals surface area contributed by atoms with Crippen molar-refractivity contribution in [1.82, 2.24) is 10.3 Å². The average molecular weight is 268 g/mol. The van der Waals surface area contributed by atoms with Crippen LogP contribution in [-0.4, -0.2) is 11.5 Å². The number of rotatable bonds is 6. The van der Waals surface area contributed by atoms with Crippen LogP contribution < -0.4 is 5.32 Å². The molecular formula is C15H28N2S. The second kappa shape index (κ2) is 6.67. The molecule has 0 saturated carbocycles. The number of aromatic nitrogens is 1. The highest BCUT2D eigenvalue weighted by molar-refractivity contribution is 7.11. The van der Waals surface area contributed by atoms with Crippen molar-refractivity contribution in [2.24, 2.45) is 11.3 Å². The third-order valence-corrected chi connectivity index (χ3v) is 3.77. The second-order valence-electron chi connectivity index (χ2n) is 6.59. The lowest BCUT2D eigenvalue weighted by Gasteiger charge is -2.15. The molecule has 1 N–H and O–H groups in total. The van der Waals surface area contributed by atoms with Gasteiger partial charge in [0, 0.05) is 17.8 Å². The molecule has 0 radical (unpaired) electrons. The molecule has 0 amide bonds. The third kappa shape index (κ3) is 5.49. The van der Waals surface area contributed by atoms with E-state index >= 15 is 0 Å². The fraction of sp³-hybridized carbons (Fsp3) is 0.800. The Morgan fingerprint density at radius 1 is 1.28 bits per heavy atom. The van der Waals surface area contributed by atoms with Gasteiger partial charge in [0.05, 0.1) is 10.7 Å². The number of aryl methyl sites for hydroxylation is 1. The maximum Gasteiger partial charge on any atom is 0.0936 e. The summed E-state index contributed by atoms with van der Waals surface area (Å²) in [5.74, 6) is 0.706. The Bertz CT molecular complexity index is 361. The summed E-state index contributed by atoms with van der Waals surface area (Å²) >= 11 is 1.89. The van der Waals surface area contributed by atoms with E-state index in [0.29, 0.717) is 11.3 Å². The fourth-order valence-electron chi connectivity index (χ4n) is 1.85. The van der Waals surface area contributed by atoms with Crippen LogP contribution in [0.15, 0.2) is 0 Å². The van der Waals surface area contributed by atoms with Gasteiger partial charge in [0.1, 0.15) is 0 Å². The van der Waals surface area contributed by atoms with Crippen LogP contribution in [0.3, 0.4) is 0 Å². The van der Waals surface area contributed by atoms with Crippen molar-refractivity contribution in [2.45, 2.75) is 60.9 Å². The van der Waals surface area contributed by atoms with E-state index in [0.717, 1.165) is 25.9 Å². The zero-order valence-corrected chi connectivity index (χ0v) is 13.6. The van der Waals surface area contributed by atoms with Crippen molar-refractivity contribution in [3.63, 3.8) is 0 Å². The molecule has 0 fully saturated rings. The third-order valence-electron chi connectivity index (χ3n) is 2.68. The zero-order valence-electron chi connectivity index (χ0n) is 12.8. The molecule has 0 aliphatic heterocycles. The number of nitrogens with one attached hydrogen (secondary N) is 1. The normalized spacial score (nSPS) is 12.4. The molecule has 1 rings (SSSR count). The SMILES string of the molecule is CCc1nc(CC(C)(C)C)sc1CNCC(C)C. The molecule has 0 saturated heterocycles. The highest BCUT2D eigenvalue weighted by Crippen LogP contribution is 2.26. The summed E-state index contributed by atoms with van der Waals surface area (Å²) in [7, 11) is 0. The van der Waals surface area contributed by atoms with Crippen LogP contribution in [-0.2, 0) is 19.4 Å². The first kappa shape index (κ1) is 15.6. The predicted molar refractivity (Wildman–Crippen MR) is 81.2 cm³/mol. The molecule has 3 heteroatoms. The van der Waals surface area contributed by atoms with Crippen LogP contribution >= 0.6 is 11.3 Å². The lowest BCUT2D eigenvalue weighted by molar-refractivity contribution is 0.410. The first-order valence-electron chi connectivity index (χ1n) is 7.00. The number of hydrogen-bond donors (Lipinski definition) is 1. The number of nitrogens with zero attached hydrogens (tertiary/aromatic N) is 1. The molecule has 0 aliphatic rings. The van der Waals surface area contributed by atoms with E-state index in [2.05, 4.69) is 46.9 Å². The summed E-state index contributed by atoms with van der Waals surface area (Å²) in [6.07, 6.45) is 2.12. The van der Waals surface area contributed by atoms with Gasteiger partial charge in [-0.2, -0.15) is 0 Å². The van der Waals surface area contributed by atoms with Crippen molar-refractivity contribution in [3.05, 3.63) is 15.6 Å². The highest BCUT2D eigenvalue weighted by atomic mass is 32.1. The van der Waals surface area contributed by atoms with Crippen molar-refractivity contribution in [2.75, 3.05) is 6.54 Å². The molecule has 0 spiro atoms. The Morgan fingerprint density at radius 2 is 1.94 bits per heavy atom. The van der Waals surface area contributed by atoms with Crippen LogP contribution in [0.1, 0.15) is 57.1 Å². The van der Waals surface area contributed by atoms with Crippen LogP contribution in [0.2, 0.25) is 0 Å². The summed E-state index contributed by atoms with van der Waals surface area (Å²) in [6, 6.07) is 0. The van der Waals surface area contributed by atoms with E-state index in [4.69, 9.17) is 4.98 Å². The Kier molecular flexibility index (Phi) is 5.80. The van der Waals surface area contributed by atoms with Gasteiger partial charge in [0.15, 0.2) is 0 Å². The molecule has 1 heterocycles. The molecule has 0 aliphatic carbocycles. The summed E-state index contributed by atoms with van der Waals surface area (Å²) in [6.45, 7) is 15.6. The van der Waals surface area contributed by atoms with Gasteiger partial charge < -0.3 is 5.32 Å². The van der Waals surface area contributed by atoms with E-state index in [1.54, 1.807) is 0 Å². The van der Waals surface area contributed by atoms with E-state index < -0.39 is 0 Å². The topological polar surface area (TPSA) is 24.9 Å². The molecule has 0 unspecified atom stereocenters. The lowest BCUT2D eigenvalue weighted by atomic mass is 9.93. The van der Waals surface area contributed by atoms with Gasteiger partial charge in [0.2, 0.25) is 0 Å².